The van der Waals surface area contributed by atoms with Gasteiger partial charge in [-0.15, -0.1) is 0 Å². The minimum Gasteiger partial charge on any atom is -0.363 e. The molecule has 2 aliphatic rings. The zero-order valence-electron chi connectivity index (χ0n) is 8.39. The van der Waals surface area contributed by atoms with Crippen molar-refractivity contribution in [3.63, 3.8) is 0 Å². The minimum atomic E-state index is -0.213. The molecule has 80 valence electrons. The van der Waals surface area contributed by atoms with Crippen LogP contribution in [0.4, 0.5) is 4.39 Å². The zero-order chi connectivity index (χ0) is 10.6. The average molecular weight is 319 g/mol. The second kappa shape index (κ2) is 3.15. The van der Waals surface area contributed by atoms with Gasteiger partial charge in [0.25, 0.3) is 0 Å². The summed E-state index contributed by atoms with van der Waals surface area (Å²) in [4.78, 5) is 2.19. The molecule has 3 rings (SSSR count). The first kappa shape index (κ1) is 9.99. The fourth-order valence-electron chi connectivity index (χ4n) is 2.51. The Labute approximate surface area is 102 Å². The van der Waals surface area contributed by atoms with Crippen molar-refractivity contribution in [2.24, 2.45) is 0 Å². The summed E-state index contributed by atoms with van der Waals surface area (Å²) in [5, 5.41) is 0. The molecule has 2 heterocycles. The van der Waals surface area contributed by atoms with Gasteiger partial charge in [-0.1, -0.05) is 0 Å². The lowest BCUT2D eigenvalue weighted by molar-refractivity contribution is -0.133. The van der Waals surface area contributed by atoms with E-state index in [2.05, 4.69) is 11.9 Å². The maximum atomic E-state index is 13.5. The first-order valence-electron chi connectivity index (χ1n) is 4.92. The molecule has 1 aromatic carbocycles. The summed E-state index contributed by atoms with van der Waals surface area (Å²) in [5.74, 6) is -0.131. The van der Waals surface area contributed by atoms with Crippen molar-refractivity contribution in [1.29, 1.82) is 0 Å². The van der Waals surface area contributed by atoms with Crippen LogP contribution in [0.15, 0.2) is 12.1 Å². The summed E-state index contributed by atoms with van der Waals surface area (Å²) < 4.78 is 20.0. The molecule has 1 aromatic rings. The lowest BCUT2D eigenvalue weighted by Gasteiger charge is -2.45. The molecule has 0 unspecified atom stereocenters. The Balaban J connectivity index is 2.07. The van der Waals surface area contributed by atoms with Gasteiger partial charge in [-0.3, -0.25) is 4.90 Å². The third kappa shape index (κ3) is 1.34. The number of hydrogen-bond acceptors (Lipinski definition) is 2. The number of benzene rings is 1. The second-order valence-electron chi connectivity index (χ2n) is 4.38. The molecule has 0 atom stereocenters. The molecule has 0 saturated carbocycles. The van der Waals surface area contributed by atoms with Gasteiger partial charge in [0.15, 0.2) is 0 Å². The Bertz CT molecular complexity index is 429. The quantitative estimate of drug-likeness (QED) is 0.679. The lowest BCUT2D eigenvalue weighted by Crippen LogP contribution is -2.57. The highest BCUT2D eigenvalue weighted by Gasteiger charge is 2.48. The van der Waals surface area contributed by atoms with Crippen LogP contribution >= 0.6 is 22.6 Å². The summed E-state index contributed by atoms with van der Waals surface area (Å²) in [6.45, 7) is 2.37. The van der Waals surface area contributed by atoms with Gasteiger partial charge in [-0.25, -0.2) is 4.39 Å². The molecule has 0 aromatic heterocycles. The van der Waals surface area contributed by atoms with Crippen LogP contribution in [0.25, 0.3) is 0 Å². The molecule has 15 heavy (non-hydrogen) atoms. The Morgan fingerprint density at radius 2 is 2.20 bits per heavy atom. The topological polar surface area (TPSA) is 12.5 Å². The third-order valence-electron chi connectivity index (χ3n) is 3.19. The van der Waals surface area contributed by atoms with E-state index < -0.39 is 0 Å². The molecule has 0 aliphatic carbocycles. The highest BCUT2D eigenvalue weighted by Crippen LogP contribution is 2.43. The molecule has 0 amide bonds. The van der Waals surface area contributed by atoms with Crippen LogP contribution < -0.4 is 0 Å². The second-order valence-corrected chi connectivity index (χ2v) is 5.54. The van der Waals surface area contributed by atoms with E-state index in [0.29, 0.717) is 10.2 Å². The van der Waals surface area contributed by atoms with Crippen molar-refractivity contribution in [1.82, 2.24) is 4.90 Å². The maximum absolute atomic E-state index is 13.5. The van der Waals surface area contributed by atoms with Crippen molar-refractivity contribution < 1.29 is 9.13 Å². The van der Waals surface area contributed by atoms with E-state index in [0.717, 1.165) is 24.2 Å². The van der Waals surface area contributed by atoms with Crippen LogP contribution in [0, 0.1) is 9.39 Å². The molecule has 1 fully saturated rings. The van der Waals surface area contributed by atoms with Gasteiger partial charge >= 0.3 is 0 Å². The van der Waals surface area contributed by atoms with Crippen molar-refractivity contribution in [2.45, 2.75) is 12.2 Å². The smallest absolute Gasteiger partial charge is 0.136 e. The number of nitrogens with zero attached hydrogens (tertiary/aromatic N) is 1. The molecule has 0 N–H and O–H groups in total. The molecule has 1 spiro atoms. The number of ether oxygens (including phenoxy) is 1. The monoisotopic (exact) mass is 319 g/mol. The van der Waals surface area contributed by atoms with Gasteiger partial charge in [0.05, 0.1) is 6.61 Å². The lowest BCUT2D eigenvalue weighted by atomic mass is 9.86. The van der Waals surface area contributed by atoms with Crippen LogP contribution in [0.3, 0.4) is 0 Å². The standard InChI is InChI=1S/C11H11FINO/c1-14-5-11(6-14)8-3-9(12)10(13)2-7(8)4-15-11/h2-3H,4-6H2,1H3. The number of hydrogen-bond donors (Lipinski definition) is 0. The third-order valence-corrected chi connectivity index (χ3v) is 4.02. The van der Waals surface area contributed by atoms with Crippen molar-refractivity contribution in [3.05, 3.63) is 32.6 Å². The maximum Gasteiger partial charge on any atom is 0.136 e. The summed E-state index contributed by atoms with van der Waals surface area (Å²) in [5.41, 5.74) is 1.99. The Kier molecular flexibility index (Phi) is 2.10. The fourth-order valence-corrected chi connectivity index (χ4v) is 3.04. The van der Waals surface area contributed by atoms with Crippen molar-refractivity contribution in [2.75, 3.05) is 20.1 Å². The fraction of sp³-hybridized carbons (Fsp3) is 0.455. The normalized spacial score (nSPS) is 22.9. The number of likely N-dealkylation sites (N-methyl/N-ethyl adjacent to an activating group) is 1. The van der Waals surface area contributed by atoms with E-state index in [9.17, 15) is 4.39 Å². The van der Waals surface area contributed by atoms with Gasteiger partial charge < -0.3 is 4.74 Å². The highest BCUT2D eigenvalue weighted by atomic mass is 127. The number of fused-ring (bicyclic) bond motifs is 2. The number of halogens is 2. The van der Waals surface area contributed by atoms with E-state index in [1.165, 1.54) is 0 Å². The molecule has 4 heteroatoms. The Morgan fingerprint density at radius 3 is 2.87 bits per heavy atom. The van der Waals surface area contributed by atoms with E-state index in [1.807, 2.05) is 28.7 Å². The van der Waals surface area contributed by atoms with E-state index in [4.69, 9.17) is 4.74 Å². The largest absolute Gasteiger partial charge is 0.363 e. The van der Waals surface area contributed by atoms with E-state index in [-0.39, 0.29) is 11.4 Å². The number of likely N-dealkylation sites (tertiary alicyclic amines) is 1. The predicted molar refractivity (Wildman–Crippen MR) is 63.1 cm³/mol. The first-order chi connectivity index (χ1) is 7.11. The van der Waals surface area contributed by atoms with Crippen LogP contribution in [-0.2, 0) is 16.9 Å². The van der Waals surface area contributed by atoms with Crippen LogP contribution in [-0.4, -0.2) is 25.0 Å². The van der Waals surface area contributed by atoms with Crippen molar-refractivity contribution >= 4 is 22.6 Å². The van der Waals surface area contributed by atoms with Crippen molar-refractivity contribution in [3.8, 4) is 0 Å². The molecular weight excluding hydrogens is 308 g/mol. The van der Waals surface area contributed by atoms with E-state index in [1.54, 1.807) is 6.07 Å². The van der Waals surface area contributed by atoms with Crippen LogP contribution in [0.2, 0.25) is 0 Å². The zero-order valence-corrected chi connectivity index (χ0v) is 10.5. The molecule has 0 radical (unpaired) electrons. The average Bonchev–Trinajstić information content (AvgIpc) is 2.46. The van der Waals surface area contributed by atoms with Gasteiger partial charge in [-0.05, 0) is 52.9 Å². The Morgan fingerprint density at radius 1 is 1.47 bits per heavy atom. The first-order valence-corrected chi connectivity index (χ1v) is 5.99. The van der Waals surface area contributed by atoms with Gasteiger partial charge in [-0.2, -0.15) is 0 Å². The van der Waals surface area contributed by atoms with Crippen LogP contribution in [0.5, 0.6) is 0 Å². The molecule has 2 nitrogen and oxygen atoms in total. The summed E-state index contributed by atoms with van der Waals surface area (Å²) in [7, 11) is 2.05. The summed E-state index contributed by atoms with van der Waals surface area (Å²) in [6.07, 6.45) is 0. The van der Waals surface area contributed by atoms with Gasteiger partial charge in [0, 0.05) is 16.7 Å². The summed E-state index contributed by atoms with van der Waals surface area (Å²) in [6, 6.07) is 3.55. The minimum absolute atomic E-state index is 0.131. The van der Waals surface area contributed by atoms with Gasteiger partial charge in [0.2, 0.25) is 0 Å². The molecule has 1 saturated heterocycles. The predicted octanol–water partition coefficient (Wildman–Crippen LogP) is 2.10. The van der Waals surface area contributed by atoms with Gasteiger partial charge in [0.1, 0.15) is 11.4 Å². The van der Waals surface area contributed by atoms with E-state index >= 15 is 0 Å². The van der Waals surface area contributed by atoms with Crippen LogP contribution in [0.1, 0.15) is 11.1 Å². The molecule has 2 aliphatic heterocycles. The Hall–Kier alpha value is -0.200. The number of rotatable bonds is 0. The molecular formula is C11H11FINO. The summed E-state index contributed by atoms with van der Waals surface area (Å²) >= 11 is 2.02. The highest BCUT2D eigenvalue weighted by molar-refractivity contribution is 14.1. The SMILES string of the molecule is CN1CC2(C1)OCc1cc(I)c(F)cc12. The molecule has 0 bridgehead atoms.